The zero-order chi connectivity index (χ0) is 59.0. The minimum absolute atomic E-state index is 0.0147. The summed E-state index contributed by atoms with van der Waals surface area (Å²) in [6.45, 7) is 3.20. The maximum Gasteiger partial charge on any atom is 0.410 e. The van der Waals surface area contributed by atoms with Crippen LogP contribution in [0.15, 0.2) is 121 Å². The van der Waals surface area contributed by atoms with Crippen LogP contribution in [0, 0.1) is 5.41 Å². The molecule has 0 aliphatic carbocycles. The van der Waals surface area contributed by atoms with E-state index >= 15 is 0 Å². The number of carbonyl (C=O) groups excluding carboxylic acids is 7. The van der Waals surface area contributed by atoms with Crippen LogP contribution in [0.5, 0.6) is 0 Å². The van der Waals surface area contributed by atoms with E-state index in [-0.39, 0.29) is 115 Å². The van der Waals surface area contributed by atoms with E-state index in [4.69, 9.17) is 35.8 Å². The van der Waals surface area contributed by atoms with Crippen molar-refractivity contribution in [2.24, 2.45) is 11.5 Å². The van der Waals surface area contributed by atoms with Crippen molar-refractivity contribution in [2.75, 3.05) is 65.4 Å². The van der Waals surface area contributed by atoms with Gasteiger partial charge in [-0.25, -0.2) is 19.2 Å². The number of hydrogen-bond acceptors (Lipinski definition) is 13. The van der Waals surface area contributed by atoms with Gasteiger partial charge in [-0.05, 0) is 74.1 Å². The summed E-state index contributed by atoms with van der Waals surface area (Å²) < 4.78 is 22.5. The molecule has 446 valence electrons. The summed E-state index contributed by atoms with van der Waals surface area (Å²) in [5, 5.41) is 21.3. The lowest BCUT2D eigenvalue weighted by atomic mass is 10.1. The van der Waals surface area contributed by atoms with Gasteiger partial charge >= 0.3 is 24.4 Å². The average molecular weight is 1140 g/mol. The molecule has 4 rings (SSSR count). The first kappa shape index (κ1) is 66.1. The van der Waals surface area contributed by atoms with E-state index in [1.807, 2.05) is 121 Å². The minimum atomic E-state index is -0.869. The molecule has 0 saturated carbocycles. The van der Waals surface area contributed by atoms with Crippen molar-refractivity contribution in [3.8, 4) is 0 Å². The first-order chi connectivity index (χ1) is 39.8. The lowest BCUT2D eigenvalue weighted by Gasteiger charge is -2.36. The SMILES string of the molecule is CC(N)C(=O)NCCCCN(CC(CNC(=O)OCc1ccccc1)N(CCCCN(CCCNC(=O)OCc1ccccc1)C(=O)OCc1ccccc1)C(=O)CCNC(=O)CCCCCCNC(=N)N)C(=O)OCc1ccccc1. The minimum Gasteiger partial charge on any atom is -0.445 e. The molecule has 0 fully saturated rings. The summed E-state index contributed by atoms with van der Waals surface area (Å²) >= 11 is 0. The molecule has 2 atom stereocenters. The van der Waals surface area contributed by atoms with Gasteiger partial charge in [0.15, 0.2) is 5.96 Å². The molecular formula is C60H85N11O11. The van der Waals surface area contributed by atoms with E-state index in [1.54, 1.807) is 16.7 Å². The van der Waals surface area contributed by atoms with Crippen LogP contribution in [0.25, 0.3) is 0 Å². The van der Waals surface area contributed by atoms with Crippen LogP contribution in [-0.4, -0.2) is 140 Å². The van der Waals surface area contributed by atoms with Gasteiger partial charge in [0.1, 0.15) is 26.4 Å². The quantitative estimate of drug-likeness (QED) is 0.0101. The Balaban J connectivity index is 1.55. The molecule has 7 amide bonds. The molecule has 22 nitrogen and oxygen atoms in total. The van der Waals surface area contributed by atoms with Crippen LogP contribution < -0.4 is 38.1 Å². The first-order valence-electron chi connectivity index (χ1n) is 28.2. The molecular weight excluding hydrogens is 1050 g/mol. The second-order valence-corrected chi connectivity index (χ2v) is 19.6. The van der Waals surface area contributed by atoms with Crippen LogP contribution in [-0.2, 0) is 59.8 Å². The zero-order valence-corrected chi connectivity index (χ0v) is 47.4. The number of nitrogens with two attached hydrogens (primary N) is 2. The molecule has 10 N–H and O–H groups in total. The Labute approximate surface area is 482 Å². The summed E-state index contributed by atoms with van der Waals surface area (Å²) in [4.78, 5) is 98.5. The van der Waals surface area contributed by atoms with Gasteiger partial charge in [0, 0.05) is 78.3 Å². The standard InChI is InChI=1S/C60H85N11O11/c1-47(61)55(74)65-33-18-19-38-70(60(78)82-46-51-29-14-7-15-30-51)42-52(41-68-58(76)80-44-49-25-10-5-11-26-49)71(54(73)32-36-64-53(72)31-16-2-3-17-34-66-56(62)63)40-21-20-37-69(59(77)81-45-50-27-12-6-13-28-50)39-22-35-67-57(75)79-43-48-23-8-4-9-24-48/h4-15,23-30,47,52H,2-3,16-22,31-46,61H2,1H3,(H,64,72)(H,65,74)(H,67,75)(H,68,76)(H4,62,63,66). The molecule has 0 spiro atoms. The summed E-state index contributed by atoms with van der Waals surface area (Å²) in [6, 6.07) is 35.3. The van der Waals surface area contributed by atoms with Gasteiger partial charge in [-0.3, -0.25) is 19.8 Å². The van der Waals surface area contributed by atoms with Crippen molar-refractivity contribution in [3.63, 3.8) is 0 Å². The number of alkyl carbamates (subject to hydrolysis) is 2. The Morgan fingerprint density at radius 1 is 0.476 bits per heavy atom. The fourth-order valence-corrected chi connectivity index (χ4v) is 8.33. The second-order valence-electron chi connectivity index (χ2n) is 19.6. The molecule has 0 aliphatic heterocycles. The molecule has 2 unspecified atom stereocenters. The smallest absolute Gasteiger partial charge is 0.410 e. The predicted molar refractivity (Wildman–Crippen MR) is 312 cm³/mol. The fraction of sp³-hybridized carbons (Fsp3) is 0.467. The number of guanidine groups is 1. The van der Waals surface area contributed by atoms with Crippen LogP contribution >= 0.6 is 0 Å². The van der Waals surface area contributed by atoms with Gasteiger partial charge in [0.05, 0.1) is 12.1 Å². The first-order valence-corrected chi connectivity index (χ1v) is 28.2. The monoisotopic (exact) mass is 1140 g/mol. The summed E-state index contributed by atoms with van der Waals surface area (Å²) in [5.41, 5.74) is 14.3. The third kappa shape index (κ3) is 29.2. The Bertz CT molecular complexity index is 2500. The molecule has 0 aromatic heterocycles. The molecule has 82 heavy (non-hydrogen) atoms. The Kier molecular flexibility index (Phi) is 32.2. The Morgan fingerprint density at radius 3 is 1.46 bits per heavy atom. The highest BCUT2D eigenvalue weighted by Gasteiger charge is 2.29. The van der Waals surface area contributed by atoms with Crippen molar-refractivity contribution < 1.29 is 52.5 Å². The number of rotatable bonds is 38. The van der Waals surface area contributed by atoms with Gasteiger partial charge in [-0.1, -0.05) is 134 Å². The Hall–Kier alpha value is -8.40. The van der Waals surface area contributed by atoms with Crippen molar-refractivity contribution in [2.45, 2.75) is 116 Å². The zero-order valence-electron chi connectivity index (χ0n) is 47.4. The molecule has 0 bridgehead atoms. The van der Waals surface area contributed by atoms with E-state index in [0.717, 1.165) is 41.5 Å². The lowest BCUT2D eigenvalue weighted by Crippen LogP contribution is -2.54. The molecule has 22 heteroatoms. The average Bonchev–Trinajstić information content (AvgIpc) is 3.49. The van der Waals surface area contributed by atoms with Gasteiger partial charge < -0.3 is 71.7 Å². The van der Waals surface area contributed by atoms with Gasteiger partial charge in [0.25, 0.3) is 0 Å². The molecule has 0 aliphatic rings. The molecule has 4 aromatic rings. The fourth-order valence-electron chi connectivity index (χ4n) is 8.33. The van der Waals surface area contributed by atoms with Gasteiger partial charge in [-0.2, -0.15) is 0 Å². The van der Waals surface area contributed by atoms with E-state index in [2.05, 4.69) is 26.6 Å². The molecule has 4 aromatic carbocycles. The van der Waals surface area contributed by atoms with Gasteiger partial charge in [0.2, 0.25) is 17.7 Å². The number of ether oxygens (including phenoxy) is 4. The van der Waals surface area contributed by atoms with Crippen molar-refractivity contribution in [1.29, 1.82) is 5.41 Å². The Morgan fingerprint density at radius 2 is 0.915 bits per heavy atom. The lowest BCUT2D eigenvalue weighted by molar-refractivity contribution is -0.134. The summed E-state index contributed by atoms with van der Waals surface area (Å²) in [5.74, 6) is -0.995. The molecule has 0 radical (unpaired) electrons. The third-order valence-corrected chi connectivity index (χ3v) is 12.9. The van der Waals surface area contributed by atoms with E-state index in [0.29, 0.717) is 51.6 Å². The summed E-state index contributed by atoms with van der Waals surface area (Å²) in [6.07, 6.45) is 2.61. The number of nitrogens with one attached hydrogen (secondary N) is 6. The number of hydrogen-bond donors (Lipinski definition) is 8. The van der Waals surface area contributed by atoms with Crippen molar-refractivity contribution in [3.05, 3.63) is 144 Å². The maximum atomic E-state index is 14.7. The van der Waals surface area contributed by atoms with Crippen LogP contribution in [0.1, 0.15) is 99.8 Å². The highest BCUT2D eigenvalue weighted by Crippen LogP contribution is 2.14. The van der Waals surface area contributed by atoms with Crippen LogP contribution in [0.4, 0.5) is 19.2 Å². The molecule has 0 heterocycles. The number of unbranched alkanes of at least 4 members (excludes halogenated alkanes) is 5. The maximum absolute atomic E-state index is 14.7. The largest absolute Gasteiger partial charge is 0.445 e. The van der Waals surface area contributed by atoms with Crippen LogP contribution in [0.3, 0.4) is 0 Å². The highest BCUT2D eigenvalue weighted by atomic mass is 16.6. The normalized spacial score (nSPS) is 11.4. The highest BCUT2D eigenvalue weighted by molar-refractivity contribution is 5.81. The number of amides is 7. The number of carbonyl (C=O) groups is 7. The number of nitrogens with zero attached hydrogens (tertiary/aromatic N) is 3. The van der Waals surface area contributed by atoms with E-state index in [1.165, 1.54) is 4.90 Å². The second kappa shape index (κ2) is 39.9. The van der Waals surface area contributed by atoms with E-state index < -0.39 is 36.5 Å². The third-order valence-electron chi connectivity index (χ3n) is 12.9. The summed E-state index contributed by atoms with van der Waals surface area (Å²) in [7, 11) is 0. The van der Waals surface area contributed by atoms with Crippen molar-refractivity contribution in [1.82, 2.24) is 41.3 Å². The van der Waals surface area contributed by atoms with Crippen molar-refractivity contribution >= 4 is 48.1 Å². The van der Waals surface area contributed by atoms with Gasteiger partial charge in [-0.15, -0.1) is 0 Å². The van der Waals surface area contributed by atoms with Crippen LogP contribution in [0.2, 0.25) is 0 Å². The predicted octanol–water partition coefficient (Wildman–Crippen LogP) is 6.67. The topological polar surface area (TPSA) is 302 Å². The number of benzene rings is 4. The molecule has 0 saturated heterocycles. The van der Waals surface area contributed by atoms with E-state index in [9.17, 15) is 33.6 Å².